The van der Waals surface area contributed by atoms with E-state index >= 15 is 0 Å². The second kappa shape index (κ2) is 6.87. The van der Waals surface area contributed by atoms with E-state index in [9.17, 15) is 0 Å². The predicted octanol–water partition coefficient (Wildman–Crippen LogP) is 2.43. The number of halogens is 1. The molecule has 2 aliphatic heterocycles. The Labute approximate surface area is 137 Å². The Kier molecular flexibility index (Phi) is 4.87. The van der Waals surface area contributed by atoms with Gasteiger partial charge in [-0.3, -0.25) is 4.90 Å². The van der Waals surface area contributed by atoms with Crippen LogP contribution in [0.5, 0.6) is 0 Å². The molecule has 0 saturated carbocycles. The van der Waals surface area contributed by atoms with Crippen LogP contribution in [0.25, 0.3) is 0 Å². The highest BCUT2D eigenvalue weighted by atomic mass is 35.5. The summed E-state index contributed by atoms with van der Waals surface area (Å²) in [5, 5.41) is 9.51. The minimum absolute atomic E-state index is 0.550. The molecular formula is C17H23ClN4. The largest absolute Gasteiger partial charge is 0.369 e. The van der Waals surface area contributed by atoms with Crippen LogP contribution in [0.3, 0.4) is 0 Å². The van der Waals surface area contributed by atoms with Crippen LogP contribution in [-0.2, 0) is 0 Å². The van der Waals surface area contributed by atoms with E-state index in [0.29, 0.717) is 16.6 Å². The van der Waals surface area contributed by atoms with Crippen LogP contribution in [0.15, 0.2) is 18.2 Å². The van der Waals surface area contributed by atoms with Crippen LogP contribution < -0.4 is 4.90 Å². The Morgan fingerprint density at radius 3 is 2.59 bits per heavy atom. The highest BCUT2D eigenvalue weighted by molar-refractivity contribution is 6.32. The lowest BCUT2D eigenvalue weighted by atomic mass is 10.0. The van der Waals surface area contributed by atoms with E-state index in [1.54, 1.807) is 0 Å². The van der Waals surface area contributed by atoms with Gasteiger partial charge < -0.3 is 9.80 Å². The van der Waals surface area contributed by atoms with Gasteiger partial charge in [0.25, 0.3) is 0 Å². The Morgan fingerprint density at radius 2 is 1.95 bits per heavy atom. The summed E-state index contributed by atoms with van der Waals surface area (Å²) in [5.41, 5.74) is 1.68. The van der Waals surface area contributed by atoms with Gasteiger partial charge in [-0.1, -0.05) is 11.6 Å². The quantitative estimate of drug-likeness (QED) is 0.838. The summed E-state index contributed by atoms with van der Waals surface area (Å²) in [7, 11) is 2.22. The molecule has 0 aliphatic carbocycles. The number of likely N-dealkylation sites (tertiary alicyclic amines) is 1. The monoisotopic (exact) mass is 318 g/mol. The third-order valence-corrected chi connectivity index (χ3v) is 5.18. The van der Waals surface area contributed by atoms with Crippen molar-refractivity contribution in [2.45, 2.75) is 18.9 Å². The molecule has 0 aromatic heterocycles. The summed E-state index contributed by atoms with van der Waals surface area (Å²) in [6, 6.07) is 8.58. The van der Waals surface area contributed by atoms with Crippen molar-refractivity contribution < 1.29 is 0 Å². The number of anilines is 1. The Hall–Kier alpha value is -1.28. The summed E-state index contributed by atoms with van der Waals surface area (Å²) in [6.45, 7) is 6.71. The Balaban J connectivity index is 1.59. The number of hydrogen-bond donors (Lipinski definition) is 0. The normalized spacial score (nSPS) is 24.2. The molecule has 0 bridgehead atoms. The van der Waals surface area contributed by atoms with Crippen molar-refractivity contribution in [3.63, 3.8) is 0 Å². The maximum absolute atomic E-state index is 8.96. The van der Waals surface area contributed by atoms with E-state index in [1.165, 1.54) is 25.9 Å². The molecule has 22 heavy (non-hydrogen) atoms. The number of benzene rings is 1. The third-order valence-electron chi connectivity index (χ3n) is 4.87. The van der Waals surface area contributed by atoms with Gasteiger partial charge in [0.2, 0.25) is 0 Å². The minimum Gasteiger partial charge on any atom is -0.369 e. The number of piperazine rings is 1. The zero-order chi connectivity index (χ0) is 15.5. The van der Waals surface area contributed by atoms with E-state index in [2.05, 4.69) is 27.8 Å². The average molecular weight is 319 g/mol. The lowest BCUT2D eigenvalue weighted by Gasteiger charge is -2.43. The van der Waals surface area contributed by atoms with E-state index < -0.39 is 0 Å². The summed E-state index contributed by atoms with van der Waals surface area (Å²) in [5.74, 6) is 0. The van der Waals surface area contributed by atoms with Crippen LogP contribution in [0.4, 0.5) is 5.69 Å². The maximum atomic E-state index is 8.96. The average Bonchev–Trinajstić information content (AvgIpc) is 2.55. The van der Waals surface area contributed by atoms with Crippen molar-refractivity contribution in [3.05, 3.63) is 28.8 Å². The smallest absolute Gasteiger partial charge is 0.101 e. The molecule has 2 heterocycles. The summed E-state index contributed by atoms with van der Waals surface area (Å²) >= 11 is 6.15. The zero-order valence-corrected chi connectivity index (χ0v) is 13.9. The van der Waals surface area contributed by atoms with Gasteiger partial charge in [-0.15, -0.1) is 0 Å². The highest BCUT2D eigenvalue weighted by Crippen LogP contribution is 2.25. The highest BCUT2D eigenvalue weighted by Gasteiger charge is 2.27. The summed E-state index contributed by atoms with van der Waals surface area (Å²) in [6.07, 6.45) is 2.64. The van der Waals surface area contributed by atoms with Gasteiger partial charge in [0.15, 0.2) is 0 Å². The van der Waals surface area contributed by atoms with Crippen molar-refractivity contribution in [1.82, 2.24) is 9.80 Å². The van der Waals surface area contributed by atoms with Crippen LogP contribution >= 0.6 is 11.6 Å². The van der Waals surface area contributed by atoms with Gasteiger partial charge in [-0.2, -0.15) is 5.26 Å². The molecule has 2 aliphatic rings. The van der Waals surface area contributed by atoms with Crippen molar-refractivity contribution in [2.24, 2.45) is 0 Å². The number of nitriles is 1. The van der Waals surface area contributed by atoms with Gasteiger partial charge in [0.05, 0.1) is 10.6 Å². The molecule has 2 saturated heterocycles. The van der Waals surface area contributed by atoms with Crippen molar-refractivity contribution in [3.8, 4) is 6.07 Å². The molecule has 5 heteroatoms. The SMILES string of the molecule is CN1CCCC(N2CCN(c3ccc(C#N)c(Cl)c3)CC2)C1. The van der Waals surface area contributed by atoms with Crippen LogP contribution in [0.2, 0.25) is 5.02 Å². The minimum atomic E-state index is 0.550. The van der Waals surface area contributed by atoms with Crippen molar-refractivity contribution in [1.29, 1.82) is 5.26 Å². The molecule has 0 spiro atoms. The van der Waals surface area contributed by atoms with Crippen LogP contribution in [-0.4, -0.2) is 62.2 Å². The second-order valence-electron chi connectivity index (χ2n) is 6.36. The van der Waals surface area contributed by atoms with E-state index in [-0.39, 0.29) is 0 Å². The molecular weight excluding hydrogens is 296 g/mol. The van der Waals surface area contributed by atoms with E-state index in [1.807, 2.05) is 18.2 Å². The lowest BCUT2D eigenvalue weighted by molar-refractivity contribution is 0.106. The first kappa shape index (κ1) is 15.6. The number of likely N-dealkylation sites (N-methyl/N-ethyl adjacent to an activating group) is 1. The second-order valence-corrected chi connectivity index (χ2v) is 6.76. The van der Waals surface area contributed by atoms with Gasteiger partial charge >= 0.3 is 0 Å². The van der Waals surface area contributed by atoms with Crippen molar-refractivity contribution in [2.75, 3.05) is 51.2 Å². The number of hydrogen-bond acceptors (Lipinski definition) is 4. The van der Waals surface area contributed by atoms with E-state index in [0.717, 1.165) is 31.9 Å². The third kappa shape index (κ3) is 3.38. The first-order valence-electron chi connectivity index (χ1n) is 8.04. The van der Waals surface area contributed by atoms with Crippen LogP contribution in [0.1, 0.15) is 18.4 Å². The fourth-order valence-corrected chi connectivity index (χ4v) is 3.79. The fourth-order valence-electron chi connectivity index (χ4n) is 3.57. The molecule has 3 rings (SSSR count). The number of nitrogens with zero attached hydrogens (tertiary/aromatic N) is 4. The molecule has 0 N–H and O–H groups in total. The predicted molar refractivity (Wildman–Crippen MR) is 90.5 cm³/mol. The van der Waals surface area contributed by atoms with Gasteiger partial charge in [-0.25, -0.2) is 0 Å². The lowest BCUT2D eigenvalue weighted by Crippen LogP contribution is -2.54. The fraction of sp³-hybridized carbons (Fsp3) is 0.588. The molecule has 118 valence electrons. The number of piperidine rings is 1. The van der Waals surface area contributed by atoms with Gasteiger partial charge in [0, 0.05) is 44.5 Å². The molecule has 4 nitrogen and oxygen atoms in total. The Bertz CT molecular complexity index is 560. The molecule has 1 unspecified atom stereocenters. The first-order chi connectivity index (χ1) is 10.7. The molecule has 1 atom stereocenters. The molecule has 1 aromatic carbocycles. The van der Waals surface area contributed by atoms with Crippen molar-refractivity contribution >= 4 is 17.3 Å². The molecule has 0 radical (unpaired) electrons. The van der Waals surface area contributed by atoms with Gasteiger partial charge in [0.1, 0.15) is 6.07 Å². The van der Waals surface area contributed by atoms with Gasteiger partial charge in [-0.05, 0) is 44.6 Å². The standard InChI is InChI=1S/C17H23ClN4/c1-20-6-2-3-16(13-20)22-9-7-21(8-10-22)15-5-4-14(12-19)17(18)11-15/h4-5,11,16H,2-3,6-10,13H2,1H3. The summed E-state index contributed by atoms with van der Waals surface area (Å²) in [4.78, 5) is 7.45. The summed E-state index contributed by atoms with van der Waals surface area (Å²) < 4.78 is 0. The molecule has 1 aromatic rings. The first-order valence-corrected chi connectivity index (χ1v) is 8.42. The topological polar surface area (TPSA) is 33.5 Å². The van der Waals surface area contributed by atoms with E-state index in [4.69, 9.17) is 16.9 Å². The zero-order valence-electron chi connectivity index (χ0n) is 13.1. The maximum Gasteiger partial charge on any atom is 0.101 e. The molecule has 2 fully saturated rings. The van der Waals surface area contributed by atoms with Crippen LogP contribution in [0, 0.1) is 11.3 Å². The Morgan fingerprint density at radius 1 is 1.18 bits per heavy atom. The number of rotatable bonds is 2. The molecule has 0 amide bonds.